The standard InChI is InChI=1S/C25H28/c1-3-19-9-11-22(12-10-19)24-14-18(2)13-23-16-21(17-25(23)24)15-20-7-5-4-6-8-20/h9-17,20H,3-8H2,1-2H3. The maximum Gasteiger partial charge on any atom is -0.00992 e. The van der Waals surface area contributed by atoms with Crippen molar-refractivity contribution < 1.29 is 0 Å². The average Bonchev–Trinajstić information content (AvgIpc) is 3.04. The maximum absolute atomic E-state index is 2.53. The molecule has 2 aliphatic carbocycles. The molecule has 0 heterocycles. The van der Waals surface area contributed by atoms with Gasteiger partial charge in [0, 0.05) is 0 Å². The highest BCUT2D eigenvalue weighted by Gasteiger charge is 2.13. The van der Waals surface area contributed by atoms with Crippen molar-refractivity contribution in [1.82, 2.24) is 0 Å². The summed E-state index contributed by atoms with van der Waals surface area (Å²) in [6.07, 6.45) is 15.4. The molecule has 2 aromatic carbocycles. The molecule has 0 saturated heterocycles. The van der Waals surface area contributed by atoms with Gasteiger partial charge in [-0.05, 0) is 82.5 Å². The van der Waals surface area contributed by atoms with Gasteiger partial charge in [0.05, 0.1) is 0 Å². The van der Waals surface area contributed by atoms with E-state index in [-0.39, 0.29) is 0 Å². The molecule has 0 amide bonds. The Kier molecular flexibility index (Phi) is 4.61. The molecule has 1 fully saturated rings. The Labute approximate surface area is 151 Å². The van der Waals surface area contributed by atoms with Gasteiger partial charge in [-0.25, -0.2) is 0 Å². The predicted octanol–water partition coefficient (Wildman–Crippen LogP) is 5.31. The Balaban J connectivity index is 1.76. The highest BCUT2D eigenvalue weighted by atomic mass is 14.2. The summed E-state index contributed by atoms with van der Waals surface area (Å²) in [5, 5.41) is 2.79. The average molecular weight is 328 g/mol. The molecule has 0 nitrogen and oxygen atoms in total. The second-order valence-corrected chi connectivity index (χ2v) is 7.72. The lowest BCUT2D eigenvalue weighted by Crippen LogP contribution is -2.24. The van der Waals surface area contributed by atoms with Gasteiger partial charge in [0.1, 0.15) is 0 Å². The first kappa shape index (κ1) is 16.4. The molecule has 0 bridgehead atoms. The van der Waals surface area contributed by atoms with E-state index in [0.29, 0.717) is 0 Å². The molecule has 4 rings (SSSR count). The molecule has 25 heavy (non-hydrogen) atoms. The molecule has 2 aromatic rings. The number of allylic oxidation sites excluding steroid dienone is 2. The summed E-state index contributed by atoms with van der Waals surface area (Å²) in [7, 11) is 0. The van der Waals surface area contributed by atoms with Crippen molar-refractivity contribution in [3.63, 3.8) is 0 Å². The third kappa shape index (κ3) is 3.49. The molecule has 0 atom stereocenters. The first-order valence-electron chi connectivity index (χ1n) is 9.88. The highest BCUT2D eigenvalue weighted by Crippen LogP contribution is 2.27. The zero-order chi connectivity index (χ0) is 17.2. The second kappa shape index (κ2) is 7.04. The fraction of sp³-hybridized carbons (Fsp3) is 0.360. The summed E-state index contributed by atoms with van der Waals surface area (Å²) in [5.41, 5.74) is 6.87. The van der Waals surface area contributed by atoms with E-state index in [4.69, 9.17) is 0 Å². The van der Waals surface area contributed by atoms with Gasteiger partial charge >= 0.3 is 0 Å². The fourth-order valence-electron chi connectivity index (χ4n) is 4.32. The van der Waals surface area contributed by atoms with Crippen molar-refractivity contribution >= 4 is 12.2 Å². The van der Waals surface area contributed by atoms with Crippen LogP contribution in [-0.4, -0.2) is 0 Å². The van der Waals surface area contributed by atoms with Crippen molar-refractivity contribution in [3.8, 4) is 11.1 Å². The van der Waals surface area contributed by atoms with Gasteiger partial charge in [-0.1, -0.05) is 68.7 Å². The topological polar surface area (TPSA) is 0 Å². The Morgan fingerprint density at radius 3 is 2.44 bits per heavy atom. The molecular formula is C25H28. The Hall–Kier alpha value is -2.08. The molecule has 0 heteroatoms. The van der Waals surface area contributed by atoms with Crippen molar-refractivity contribution in [3.05, 3.63) is 69.6 Å². The van der Waals surface area contributed by atoms with Gasteiger partial charge < -0.3 is 0 Å². The van der Waals surface area contributed by atoms with E-state index < -0.39 is 0 Å². The maximum atomic E-state index is 2.53. The van der Waals surface area contributed by atoms with Crippen molar-refractivity contribution in [2.75, 3.05) is 0 Å². The van der Waals surface area contributed by atoms with Crippen LogP contribution in [0.15, 0.2) is 48.0 Å². The number of fused-ring (bicyclic) bond motifs is 1. The lowest BCUT2D eigenvalue weighted by atomic mass is 9.88. The van der Waals surface area contributed by atoms with Crippen LogP contribution < -0.4 is 10.4 Å². The number of benzene rings is 2. The monoisotopic (exact) mass is 328 g/mol. The minimum Gasteiger partial charge on any atom is -0.0741 e. The lowest BCUT2D eigenvalue weighted by molar-refractivity contribution is 0.419. The molecule has 1 saturated carbocycles. The van der Waals surface area contributed by atoms with Crippen LogP contribution in [-0.2, 0) is 6.42 Å². The van der Waals surface area contributed by atoms with E-state index in [2.05, 4.69) is 68.5 Å². The third-order valence-electron chi connectivity index (χ3n) is 5.74. The minimum absolute atomic E-state index is 0.777. The van der Waals surface area contributed by atoms with Gasteiger partial charge in [0.25, 0.3) is 0 Å². The largest absolute Gasteiger partial charge is 0.0741 e. The van der Waals surface area contributed by atoms with Crippen LogP contribution in [0.5, 0.6) is 0 Å². The van der Waals surface area contributed by atoms with Crippen LogP contribution in [0.25, 0.3) is 23.3 Å². The van der Waals surface area contributed by atoms with E-state index in [1.54, 1.807) is 0 Å². The van der Waals surface area contributed by atoms with E-state index in [1.165, 1.54) is 70.4 Å². The van der Waals surface area contributed by atoms with E-state index >= 15 is 0 Å². The summed E-state index contributed by atoms with van der Waals surface area (Å²) < 4.78 is 0. The highest BCUT2D eigenvalue weighted by molar-refractivity contribution is 5.78. The summed E-state index contributed by atoms with van der Waals surface area (Å²) in [6, 6.07) is 13.8. The Bertz CT molecular complexity index is 904. The molecule has 0 unspecified atom stereocenters. The Morgan fingerprint density at radius 2 is 1.72 bits per heavy atom. The number of hydrogen-bond donors (Lipinski definition) is 0. The molecular weight excluding hydrogens is 300 g/mol. The Morgan fingerprint density at radius 1 is 0.960 bits per heavy atom. The van der Waals surface area contributed by atoms with Gasteiger partial charge in [0.15, 0.2) is 0 Å². The SMILES string of the molecule is CCc1ccc(-c2cc(C)cc3c2=CC(=CC2CCCCC2)C=3)cc1. The van der Waals surface area contributed by atoms with Crippen molar-refractivity contribution in [1.29, 1.82) is 0 Å². The lowest BCUT2D eigenvalue weighted by Gasteiger charge is -2.18. The third-order valence-corrected chi connectivity index (χ3v) is 5.74. The number of aryl methyl sites for hydroxylation is 2. The zero-order valence-corrected chi connectivity index (χ0v) is 15.5. The predicted molar refractivity (Wildman–Crippen MR) is 109 cm³/mol. The van der Waals surface area contributed by atoms with Gasteiger partial charge in [0.2, 0.25) is 0 Å². The van der Waals surface area contributed by atoms with Crippen LogP contribution >= 0.6 is 0 Å². The van der Waals surface area contributed by atoms with Crippen LogP contribution in [0, 0.1) is 12.8 Å². The molecule has 0 spiro atoms. The number of hydrogen-bond acceptors (Lipinski definition) is 0. The first-order valence-corrected chi connectivity index (χ1v) is 9.88. The molecule has 0 aromatic heterocycles. The molecule has 0 radical (unpaired) electrons. The summed E-state index contributed by atoms with van der Waals surface area (Å²) in [6.45, 7) is 4.42. The quantitative estimate of drug-likeness (QED) is 0.716. The molecule has 128 valence electrons. The molecule has 0 aliphatic heterocycles. The second-order valence-electron chi connectivity index (χ2n) is 7.72. The van der Waals surface area contributed by atoms with Gasteiger partial charge in [-0.15, -0.1) is 0 Å². The van der Waals surface area contributed by atoms with E-state index in [9.17, 15) is 0 Å². The van der Waals surface area contributed by atoms with Crippen LogP contribution in [0.3, 0.4) is 0 Å². The van der Waals surface area contributed by atoms with Crippen molar-refractivity contribution in [2.45, 2.75) is 52.4 Å². The first-order chi connectivity index (χ1) is 12.2. The van der Waals surface area contributed by atoms with Crippen LogP contribution in [0.1, 0.15) is 50.2 Å². The van der Waals surface area contributed by atoms with Gasteiger partial charge in [-0.2, -0.15) is 0 Å². The molecule has 2 aliphatic rings. The van der Waals surface area contributed by atoms with Crippen LogP contribution in [0.2, 0.25) is 0 Å². The summed E-state index contributed by atoms with van der Waals surface area (Å²) >= 11 is 0. The fourth-order valence-corrected chi connectivity index (χ4v) is 4.32. The van der Waals surface area contributed by atoms with Gasteiger partial charge in [-0.3, -0.25) is 0 Å². The summed E-state index contributed by atoms with van der Waals surface area (Å²) in [5.74, 6) is 0.777. The van der Waals surface area contributed by atoms with E-state index in [0.717, 1.165) is 12.3 Å². The molecule has 0 N–H and O–H groups in total. The zero-order valence-electron chi connectivity index (χ0n) is 15.5. The van der Waals surface area contributed by atoms with Crippen LogP contribution in [0.4, 0.5) is 0 Å². The smallest absolute Gasteiger partial charge is 0.00992 e. The normalized spacial score (nSPS) is 18.7. The van der Waals surface area contributed by atoms with E-state index in [1.807, 2.05) is 0 Å². The number of rotatable bonds is 3. The summed E-state index contributed by atoms with van der Waals surface area (Å²) in [4.78, 5) is 0. The minimum atomic E-state index is 0.777. The van der Waals surface area contributed by atoms with Crippen molar-refractivity contribution in [2.24, 2.45) is 5.92 Å².